The van der Waals surface area contributed by atoms with Crippen LogP contribution >= 0.6 is 0 Å². The van der Waals surface area contributed by atoms with Crippen molar-refractivity contribution in [3.63, 3.8) is 0 Å². The fraction of sp³-hybridized carbons (Fsp3) is 0.357. The van der Waals surface area contributed by atoms with E-state index >= 15 is 0 Å². The first kappa shape index (κ1) is 15.4. The number of nitrogens with one attached hydrogen (secondary N) is 2. The zero-order valence-corrected chi connectivity index (χ0v) is 11.3. The van der Waals surface area contributed by atoms with Gasteiger partial charge in [0.15, 0.2) is 0 Å². The normalized spacial score (nSPS) is 13.5. The van der Waals surface area contributed by atoms with Gasteiger partial charge in [-0.3, -0.25) is 0 Å². The molecule has 0 aliphatic carbocycles. The summed E-state index contributed by atoms with van der Waals surface area (Å²) in [4.78, 5) is 13.8. The minimum absolute atomic E-state index is 0.166. The van der Waals surface area contributed by atoms with Crippen LogP contribution < -0.4 is 5.32 Å². The number of aromatic nitrogens is 1. The Bertz CT molecular complexity index is 649. The van der Waals surface area contributed by atoms with Gasteiger partial charge in [-0.15, -0.1) is 0 Å². The van der Waals surface area contributed by atoms with Crippen LogP contribution in [0.5, 0.6) is 0 Å². The van der Waals surface area contributed by atoms with Crippen molar-refractivity contribution < 1.29 is 23.1 Å². The van der Waals surface area contributed by atoms with Crippen LogP contribution in [-0.4, -0.2) is 34.8 Å². The van der Waals surface area contributed by atoms with Gasteiger partial charge in [0.2, 0.25) is 0 Å². The van der Waals surface area contributed by atoms with Crippen molar-refractivity contribution in [3.05, 3.63) is 35.5 Å². The number of aromatic amines is 1. The van der Waals surface area contributed by atoms with Gasteiger partial charge in [0, 0.05) is 23.1 Å². The number of carboxylic acids is 1. The lowest BCUT2D eigenvalue weighted by Crippen LogP contribution is -2.36. The van der Waals surface area contributed by atoms with E-state index in [0.717, 1.165) is 10.9 Å². The predicted octanol–water partition coefficient (Wildman–Crippen LogP) is 2.95. The van der Waals surface area contributed by atoms with Gasteiger partial charge in [0.1, 0.15) is 0 Å². The highest BCUT2D eigenvalue weighted by Gasteiger charge is 2.27. The third-order valence-corrected chi connectivity index (χ3v) is 3.19. The Labute approximate surface area is 119 Å². The van der Waals surface area contributed by atoms with E-state index in [9.17, 15) is 18.0 Å². The summed E-state index contributed by atoms with van der Waals surface area (Å²) < 4.78 is 36.4. The van der Waals surface area contributed by atoms with Gasteiger partial charge in [0.05, 0.1) is 12.1 Å². The molecule has 0 saturated heterocycles. The third-order valence-electron chi connectivity index (χ3n) is 3.19. The van der Waals surface area contributed by atoms with Crippen molar-refractivity contribution in [2.45, 2.75) is 25.6 Å². The smallest absolute Gasteiger partial charge is 0.401 e. The fourth-order valence-corrected chi connectivity index (χ4v) is 2.18. The number of aromatic carboxylic acids is 1. The van der Waals surface area contributed by atoms with Gasteiger partial charge in [-0.1, -0.05) is 6.07 Å². The lowest BCUT2D eigenvalue weighted by Gasteiger charge is -2.15. The first-order chi connectivity index (χ1) is 9.76. The number of rotatable bonds is 5. The Morgan fingerprint density at radius 3 is 2.76 bits per heavy atom. The summed E-state index contributed by atoms with van der Waals surface area (Å²) in [5.41, 5.74) is 1.68. The van der Waals surface area contributed by atoms with Crippen LogP contribution in [0.25, 0.3) is 10.9 Å². The second-order valence-electron chi connectivity index (χ2n) is 4.98. The van der Waals surface area contributed by atoms with E-state index in [1.807, 2.05) is 0 Å². The Morgan fingerprint density at radius 1 is 1.43 bits per heavy atom. The fourth-order valence-electron chi connectivity index (χ4n) is 2.18. The second kappa shape index (κ2) is 5.77. The number of alkyl halides is 3. The number of benzene rings is 1. The van der Waals surface area contributed by atoms with E-state index in [2.05, 4.69) is 10.3 Å². The Balaban J connectivity index is 2.10. The molecule has 2 aromatic rings. The molecule has 0 saturated carbocycles. The molecule has 1 heterocycles. The van der Waals surface area contributed by atoms with Crippen molar-refractivity contribution in [3.8, 4) is 0 Å². The molecule has 4 nitrogen and oxygen atoms in total. The average molecular weight is 300 g/mol. The Hall–Kier alpha value is -2.02. The third kappa shape index (κ3) is 3.98. The molecular formula is C14H15F3N2O2. The van der Waals surface area contributed by atoms with Crippen LogP contribution in [0.2, 0.25) is 0 Å². The minimum Gasteiger partial charge on any atom is -0.478 e. The second-order valence-corrected chi connectivity index (χ2v) is 4.98. The summed E-state index contributed by atoms with van der Waals surface area (Å²) in [6.45, 7) is 0.649. The van der Waals surface area contributed by atoms with E-state index in [0.29, 0.717) is 11.9 Å². The topological polar surface area (TPSA) is 65.1 Å². The molecule has 0 fully saturated rings. The molecule has 0 unspecified atom stereocenters. The molecule has 2 rings (SSSR count). The van der Waals surface area contributed by atoms with Crippen molar-refractivity contribution in [1.82, 2.24) is 10.3 Å². The summed E-state index contributed by atoms with van der Waals surface area (Å²) in [5, 5.41) is 12.2. The van der Waals surface area contributed by atoms with Gasteiger partial charge in [-0.25, -0.2) is 4.79 Å². The van der Waals surface area contributed by atoms with Gasteiger partial charge in [-0.05, 0) is 31.0 Å². The van der Waals surface area contributed by atoms with E-state index < -0.39 is 18.7 Å². The highest BCUT2D eigenvalue weighted by atomic mass is 19.4. The lowest BCUT2D eigenvalue weighted by molar-refractivity contribution is -0.126. The van der Waals surface area contributed by atoms with E-state index in [4.69, 9.17) is 5.11 Å². The van der Waals surface area contributed by atoms with Crippen molar-refractivity contribution in [2.24, 2.45) is 0 Å². The summed E-state index contributed by atoms with van der Waals surface area (Å²) in [7, 11) is 0. The number of carboxylic acid groups (broad SMARTS) is 1. The number of halogens is 3. The number of hydrogen-bond donors (Lipinski definition) is 3. The summed E-state index contributed by atoms with van der Waals surface area (Å²) >= 11 is 0. The highest BCUT2D eigenvalue weighted by molar-refractivity contribution is 5.94. The van der Waals surface area contributed by atoms with Crippen molar-refractivity contribution in [1.29, 1.82) is 0 Å². The number of hydrogen-bond acceptors (Lipinski definition) is 2. The molecule has 3 N–H and O–H groups in total. The molecule has 0 aliphatic heterocycles. The van der Waals surface area contributed by atoms with Gasteiger partial charge < -0.3 is 15.4 Å². The molecule has 1 aromatic heterocycles. The first-order valence-electron chi connectivity index (χ1n) is 6.39. The summed E-state index contributed by atoms with van der Waals surface area (Å²) in [6, 6.07) is 4.32. The summed E-state index contributed by atoms with van der Waals surface area (Å²) in [5.74, 6) is -1.02. The SMILES string of the molecule is C[C@H](Cc1c[nH]c2cc(C(=O)O)ccc12)NCC(F)(F)F. The van der Waals surface area contributed by atoms with Crippen LogP contribution in [0.15, 0.2) is 24.4 Å². The maximum atomic E-state index is 12.1. The maximum Gasteiger partial charge on any atom is 0.401 e. The van der Waals surface area contributed by atoms with E-state index in [1.165, 1.54) is 12.1 Å². The van der Waals surface area contributed by atoms with Crippen LogP contribution in [0.3, 0.4) is 0 Å². The molecule has 7 heteroatoms. The lowest BCUT2D eigenvalue weighted by atomic mass is 10.0. The Morgan fingerprint density at radius 2 is 2.14 bits per heavy atom. The molecule has 114 valence electrons. The Kier molecular flexibility index (Phi) is 4.22. The quantitative estimate of drug-likeness (QED) is 0.795. The first-order valence-corrected chi connectivity index (χ1v) is 6.39. The largest absolute Gasteiger partial charge is 0.478 e. The van der Waals surface area contributed by atoms with E-state index in [-0.39, 0.29) is 11.6 Å². The molecule has 0 spiro atoms. The van der Waals surface area contributed by atoms with E-state index in [1.54, 1.807) is 19.2 Å². The molecule has 0 aliphatic rings. The van der Waals surface area contributed by atoms with Crippen LogP contribution in [0, 0.1) is 0 Å². The minimum atomic E-state index is -4.23. The van der Waals surface area contributed by atoms with Crippen LogP contribution in [0.4, 0.5) is 13.2 Å². The number of H-pyrrole nitrogens is 1. The predicted molar refractivity (Wildman–Crippen MR) is 72.5 cm³/mol. The molecule has 0 bridgehead atoms. The van der Waals surface area contributed by atoms with Crippen LogP contribution in [0.1, 0.15) is 22.8 Å². The molecule has 1 aromatic carbocycles. The summed E-state index contributed by atoms with van der Waals surface area (Å²) in [6.07, 6.45) is -2.12. The maximum absolute atomic E-state index is 12.1. The van der Waals surface area contributed by atoms with Gasteiger partial charge in [0.25, 0.3) is 0 Å². The molecule has 0 amide bonds. The standard InChI is InChI=1S/C14H15F3N2O2/c1-8(19-7-14(15,16)17)4-10-6-18-12-5-9(13(20)21)2-3-11(10)12/h2-3,5-6,8,18-19H,4,7H2,1H3,(H,20,21)/t8-/m1/s1. The zero-order valence-electron chi connectivity index (χ0n) is 11.3. The molecule has 21 heavy (non-hydrogen) atoms. The average Bonchev–Trinajstić information content (AvgIpc) is 2.78. The monoisotopic (exact) mass is 300 g/mol. The highest BCUT2D eigenvalue weighted by Crippen LogP contribution is 2.21. The zero-order chi connectivity index (χ0) is 15.6. The van der Waals surface area contributed by atoms with Crippen molar-refractivity contribution >= 4 is 16.9 Å². The van der Waals surface area contributed by atoms with Gasteiger partial charge in [-0.2, -0.15) is 13.2 Å². The van der Waals surface area contributed by atoms with Gasteiger partial charge >= 0.3 is 12.1 Å². The molecule has 0 radical (unpaired) electrons. The number of fused-ring (bicyclic) bond motifs is 1. The number of carbonyl (C=O) groups is 1. The van der Waals surface area contributed by atoms with Crippen molar-refractivity contribution in [2.75, 3.05) is 6.54 Å². The molecular weight excluding hydrogens is 285 g/mol. The van der Waals surface area contributed by atoms with Crippen LogP contribution in [-0.2, 0) is 6.42 Å². The molecule has 1 atom stereocenters.